The monoisotopic (exact) mass is 315 g/mol. The molecule has 1 saturated carbocycles. The Morgan fingerprint density at radius 3 is 3.00 bits per heavy atom. The molecule has 2 fully saturated rings. The number of imidazole rings is 1. The van der Waals surface area contributed by atoms with Gasteiger partial charge in [0.1, 0.15) is 23.4 Å². The first-order chi connectivity index (χ1) is 11.2. The minimum absolute atomic E-state index is 0.0154. The summed E-state index contributed by atoms with van der Waals surface area (Å²) in [6, 6.07) is 4.52. The Hall–Kier alpha value is -1.59. The summed E-state index contributed by atoms with van der Waals surface area (Å²) in [5, 5.41) is 3.62. The Kier molecular flexibility index (Phi) is 3.99. The van der Waals surface area contributed by atoms with Crippen molar-refractivity contribution in [2.24, 2.45) is 13.0 Å². The van der Waals surface area contributed by atoms with Gasteiger partial charge in [-0.2, -0.15) is 0 Å². The molecular formula is C18H25N3O2. The molecule has 3 heterocycles. The van der Waals surface area contributed by atoms with E-state index in [1.165, 1.54) is 6.42 Å². The third kappa shape index (κ3) is 3.08. The Balaban J connectivity index is 1.40. The second-order valence-electron chi connectivity index (χ2n) is 6.94. The SMILES string of the molecule is C[C@@H]1C[C@@H]1c1ccc(CN[C@H]2CCCO[C@@H]2c2nccn2C)o1. The van der Waals surface area contributed by atoms with Crippen molar-refractivity contribution in [2.45, 2.75) is 50.8 Å². The number of hydrogen-bond donors (Lipinski definition) is 1. The van der Waals surface area contributed by atoms with E-state index in [9.17, 15) is 0 Å². The van der Waals surface area contributed by atoms with Gasteiger partial charge in [-0.05, 0) is 37.3 Å². The van der Waals surface area contributed by atoms with Gasteiger partial charge in [0.05, 0.1) is 6.54 Å². The van der Waals surface area contributed by atoms with Crippen LogP contribution >= 0.6 is 0 Å². The minimum Gasteiger partial charge on any atom is -0.464 e. The number of hydrogen-bond acceptors (Lipinski definition) is 4. The summed E-state index contributed by atoms with van der Waals surface area (Å²) in [6.07, 6.45) is 7.27. The molecule has 2 aromatic heterocycles. The van der Waals surface area contributed by atoms with E-state index in [1.54, 1.807) is 0 Å². The fourth-order valence-electron chi connectivity index (χ4n) is 3.53. The van der Waals surface area contributed by atoms with Gasteiger partial charge in [0.25, 0.3) is 0 Å². The van der Waals surface area contributed by atoms with Crippen molar-refractivity contribution in [3.63, 3.8) is 0 Å². The molecule has 1 N–H and O–H groups in total. The summed E-state index contributed by atoms with van der Waals surface area (Å²) in [5.74, 6) is 4.58. The summed E-state index contributed by atoms with van der Waals surface area (Å²) in [5.41, 5.74) is 0. The van der Waals surface area contributed by atoms with E-state index in [2.05, 4.69) is 29.4 Å². The van der Waals surface area contributed by atoms with Crippen LogP contribution in [0, 0.1) is 5.92 Å². The van der Waals surface area contributed by atoms with Crippen molar-refractivity contribution in [2.75, 3.05) is 6.61 Å². The van der Waals surface area contributed by atoms with Crippen molar-refractivity contribution in [3.05, 3.63) is 41.9 Å². The number of nitrogens with one attached hydrogen (secondary N) is 1. The average molecular weight is 315 g/mol. The van der Waals surface area contributed by atoms with Gasteiger partial charge in [0.15, 0.2) is 0 Å². The predicted octanol–water partition coefficient (Wildman–Crippen LogP) is 3.15. The molecule has 1 aliphatic heterocycles. The summed E-state index contributed by atoms with van der Waals surface area (Å²) in [7, 11) is 2.02. The normalized spacial score (nSPS) is 30.5. The molecule has 124 valence electrons. The topological polar surface area (TPSA) is 52.2 Å². The van der Waals surface area contributed by atoms with E-state index < -0.39 is 0 Å². The molecule has 0 amide bonds. The number of nitrogens with zero attached hydrogens (tertiary/aromatic N) is 2. The van der Waals surface area contributed by atoms with Crippen LogP contribution in [0.3, 0.4) is 0 Å². The number of rotatable bonds is 5. The van der Waals surface area contributed by atoms with Crippen LogP contribution in [0.1, 0.15) is 55.6 Å². The first-order valence-electron chi connectivity index (χ1n) is 8.63. The van der Waals surface area contributed by atoms with Crippen LogP contribution in [0.15, 0.2) is 28.9 Å². The van der Waals surface area contributed by atoms with Gasteiger partial charge in [-0.25, -0.2) is 4.98 Å². The van der Waals surface area contributed by atoms with E-state index in [0.29, 0.717) is 5.92 Å². The lowest BCUT2D eigenvalue weighted by atomic mass is 10.0. The van der Waals surface area contributed by atoms with Crippen molar-refractivity contribution < 1.29 is 9.15 Å². The highest BCUT2D eigenvalue weighted by Crippen LogP contribution is 2.47. The molecule has 5 nitrogen and oxygen atoms in total. The van der Waals surface area contributed by atoms with E-state index in [-0.39, 0.29) is 12.1 Å². The van der Waals surface area contributed by atoms with Gasteiger partial charge >= 0.3 is 0 Å². The molecule has 0 bridgehead atoms. The molecule has 23 heavy (non-hydrogen) atoms. The molecule has 5 heteroatoms. The van der Waals surface area contributed by atoms with Crippen molar-refractivity contribution >= 4 is 0 Å². The molecule has 1 aliphatic carbocycles. The van der Waals surface area contributed by atoms with Gasteiger partial charge in [0, 0.05) is 38.0 Å². The van der Waals surface area contributed by atoms with Crippen LogP contribution in [0.2, 0.25) is 0 Å². The fraction of sp³-hybridized carbons (Fsp3) is 0.611. The van der Waals surface area contributed by atoms with Crippen LogP contribution in [-0.4, -0.2) is 22.2 Å². The van der Waals surface area contributed by atoms with E-state index in [1.807, 2.05) is 24.0 Å². The lowest BCUT2D eigenvalue weighted by molar-refractivity contribution is -0.0182. The lowest BCUT2D eigenvalue weighted by Gasteiger charge is -2.31. The molecular weight excluding hydrogens is 290 g/mol. The van der Waals surface area contributed by atoms with E-state index >= 15 is 0 Å². The number of ether oxygens (including phenoxy) is 1. The van der Waals surface area contributed by atoms with Crippen molar-refractivity contribution in [1.29, 1.82) is 0 Å². The first-order valence-corrected chi connectivity index (χ1v) is 8.63. The zero-order valence-electron chi connectivity index (χ0n) is 13.9. The molecule has 0 radical (unpaired) electrons. The number of aryl methyl sites for hydroxylation is 1. The second kappa shape index (κ2) is 6.13. The standard InChI is InChI=1S/C18H25N3O2/c1-12-10-14(12)16-6-5-13(23-16)11-20-15-4-3-9-22-17(15)18-19-7-8-21(18)2/h5-8,12,14-15,17,20H,3-4,9-11H2,1-2H3/t12-,14+,15+,17+/m1/s1. The maximum absolute atomic E-state index is 6.00. The molecule has 4 atom stereocenters. The Labute approximate surface area is 137 Å². The second-order valence-corrected chi connectivity index (χ2v) is 6.94. The van der Waals surface area contributed by atoms with Crippen LogP contribution in [0.5, 0.6) is 0 Å². The van der Waals surface area contributed by atoms with E-state index in [0.717, 1.165) is 49.3 Å². The largest absolute Gasteiger partial charge is 0.464 e. The Morgan fingerprint density at radius 2 is 2.26 bits per heavy atom. The Morgan fingerprint density at radius 1 is 1.39 bits per heavy atom. The molecule has 1 saturated heterocycles. The molecule has 4 rings (SSSR count). The average Bonchev–Trinajstić information content (AvgIpc) is 2.96. The zero-order valence-corrected chi connectivity index (χ0v) is 13.9. The highest BCUT2D eigenvalue weighted by molar-refractivity contribution is 5.17. The highest BCUT2D eigenvalue weighted by Gasteiger charge is 2.36. The van der Waals surface area contributed by atoms with Gasteiger partial charge in [-0.3, -0.25) is 0 Å². The Bertz CT molecular complexity index is 663. The number of aromatic nitrogens is 2. The number of furan rings is 1. The zero-order chi connectivity index (χ0) is 15.8. The smallest absolute Gasteiger partial charge is 0.139 e. The quantitative estimate of drug-likeness (QED) is 0.921. The van der Waals surface area contributed by atoms with Gasteiger partial charge in [-0.1, -0.05) is 6.92 Å². The van der Waals surface area contributed by atoms with Crippen LogP contribution in [-0.2, 0) is 18.3 Å². The highest BCUT2D eigenvalue weighted by atomic mass is 16.5. The molecule has 2 aliphatic rings. The van der Waals surface area contributed by atoms with E-state index in [4.69, 9.17) is 9.15 Å². The maximum atomic E-state index is 6.00. The molecule has 2 aromatic rings. The third-order valence-electron chi connectivity index (χ3n) is 5.13. The van der Waals surface area contributed by atoms with Gasteiger partial charge in [-0.15, -0.1) is 0 Å². The lowest BCUT2D eigenvalue weighted by Crippen LogP contribution is -2.40. The third-order valence-corrected chi connectivity index (χ3v) is 5.13. The van der Waals surface area contributed by atoms with Gasteiger partial charge < -0.3 is 19.0 Å². The van der Waals surface area contributed by atoms with Gasteiger partial charge in [0.2, 0.25) is 0 Å². The van der Waals surface area contributed by atoms with Crippen molar-refractivity contribution in [3.8, 4) is 0 Å². The summed E-state index contributed by atoms with van der Waals surface area (Å²) < 4.78 is 14.0. The van der Waals surface area contributed by atoms with Crippen LogP contribution in [0.4, 0.5) is 0 Å². The fourth-order valence-corrected chi connectivity index (χ4v) is 3.53. The van der Waals surface area contributed by atoms with Crippen LogP contribution < -0.4 is 5.32 Å². The first kappa shape index (κ1) is 15.0. The minimum atomic E-state index is 0.0154. The molecule has 0 unspecified atom stereocenters. The summed E-state index contributed by atoms with van der Waals surface area (Å²) in [4.78, 5) is 4.46. The molecule has 0 aromatic carbocycles. The summed E-state index contributed by atoms with van der Waals surface area (Å²) in [6.45, 7) is 3.83. The maximum Gasteiger partial charge on any atom is 0.139 e. The summed E-state index contributed by atoms with van der Waals surface area (Å²) >= 11 is 0. The van der Waals surface area contributed by atoms with Crippen molar-refractivity contribution in [1.82, 2.24) is 14.9 Å². The van der Waals surface area contributed by atoms with Crippen LogP contribution in [0.25, 0.3) is 0 Å². The molecule has 0 spiro atoms. The predicted molar refractivity (Wildman–Crippen MR) is 87.0 cm³/mol.